The summed E-state index contributed by atoms with van der Waals surface area (Å²) >= 11 is 0. The largest absolute Gasteiger partial charge is 0.466 e. The highest BCUT2D eigenvalue weighted by Gasteiger charge is 2.20. The summed E-state index contributed by atoms with van der Waals surface area (Å²) in [5.41, 5.74) is 0. The molecule has 0 aliphatic heterocycles. The molecule has 3 N–H and O–H groups in total. The van der Waals surface area contributed by atoms with Gasteiger partial charge in [0.05, 0.1) is 25.4 Å². The number of ether oxygens (including phenoxy) is 1. The van der Waals surface area contributed by atoms with E-state index in [9.17, 15) is 19.8 Å². The minimum Gasteiger partial charge on any atom is -0.466 e. The summed E-state index contributed by atoms with van der Waals surface area (Å²) < 4.78 is 5.48. The molecule has 0 aromatic heterocycles. The van der Waals surface area contributed by atoms with E-state index in [-0.39, 0.29) is 18.5 Å². The maximum atomic E-state index is 12.5. The lowest BCUT2D eigenvalue weighted by Gasteiger charge is -2.22. The van der Waals surface area contributed by atoms with E-state index in [0.29, 0.717) is 25.9 Å². The quantitative estimate of drug-likeness (QED) is 0.0320. The SMILES string of the molecule is CCCCCC/C=C\CCCCCCCC(=O)OCCCCCCCCCCCCCC/C=C\CCCCCCCCCCCCCCCCCCC(=O)NC(CO)C(O)CCCCCCCCCCCCCCCCC. The first-order valence-electron chi connectivity index (χ1n) is 35.1. The molecule has 0 bridgehead atoms. The van der Waals surface area contributed by atoms with Gasteiger partial charge in [0.2, 0.25) is 5.91 Å². The molecular formula is C71H137NO5. The molecule has 2 unspecified atom stereocenters. The fraction of sp³-hybridized carbons (Fsp3) is 0.915. The highest BCUT2D eigenvalue weighted by Crippen LogP contribution is 2.19. The second-order valence-corrected chi connectivity index (χ2v) is 24.2. The first-order valence-corrected chi connectivity index (χ1v) is 35.1. The fourth-order valence-electron chi connectivity index (χ4n) is 11.1. The Morgan fingerprint density at radius 3 is 0.935 bits per heavy atom. The van der Waals surface area contributed by atoms with Gasteiger partial charge < -0.3 is 20.3 Å². The van der Waals surface area contributed by atoms with Gasteiger partial charge in [-0.1, -0.05) is 327 Å². The summed E-state index contributed by atoms with van der Waals surface area (Å²) in [5, 5.41) is 23.3. The molecule has 0 rings (SSSR count). The van der Waals surface area contributed by atoms with Crippen LogP contribution in [0.5, 0.6) is 0 Å². The third-order valence-electron chi connectivity index (χ3n) is 16.5. The van der Waals surface area contributed by atoms with Crippen LogP contribution in [0.1, 0.15) is 393 Å². The summed E-state index contributed by atoms with van der Waals surface area (Å²) in [6, 6.07) is -0.539. The number of hydrogen-bond donors (Lipinski definition) is 3. The maximum Gasteiger partial charge on any atom is 0.305 e. The third kappa shape index (κ3) is 63.4. The number of rotatable bonds is 66. The molecule has 0 aromatic carbocycles. The van der Waals surface area contributed by atoms with Crippen LogP contribution in [0.3, 0.4) is 0 Å². The van der Waals surface area contributed by atoms with Crippen molar-refractivity contribution in [3.05, 3.63) is 24.3 Å². The molecule has 0 aliphatic rings. The van der Waals surface area contributed by atoms with Gasteiger partial charge in [0.25, 0.3) is 0 Å². The molecular weight excluding hydrogens is 947 g/mol. The number of hydrogen-bond acceptors (Lipinski definition) is 5. The van der Waals surface area contributed by atoms with Crippen molar-refractivity contribution in [1.82, 2.24) is 5.32 Å². The molecule has 6 nitrogen and oxygen atoms in total. The first kappa shape index (κ1) is 75.3. The molecule has 2 atom stereocenters. The molecule has 0 aliphatic carbocycles. The van der Waals surface area contributed by atoms with Gasteiger partial charge in [-0.3, -0.25) is 9.59 Å². The van der Waals surface area contributed by atoms with Crippen molar-refractivity contribution in [3.8, 4) is 0 Å². The number of amides is 1. The van der Waals surface area contributed by atoms with Crippen LogP contribution < -0.4 is 5.32 Å². The number of aliphatic hydroxyl groups is 2. The molecule has 1 amide bonds. The Bertz CT molecular complexity index is 1200. The van der Waals surface area contributed by atoms with Crippen LogP contribution >= 0.6 is 0 Å². The van der Waals surface area contributed by atoms with Crippen molar-refractivity contribution in [2.24, 2.45) is 0 Å². The molecule has 6 heteroatoms. The lowest BCUT2D eigenvalue weighted by atomic mass is 10.0. The molecule has 0 saturated carbocycles. The molecule has 77 heavy (non-hydrogen) atoms. The van der Waals surface area contributed by atoms with Crippen molar-refractivity contribution in [1.29, 1.82) is 0 Å². The van der Waals surface area contributed by atoms with Crippen molar-refractivity contribution in [2.45, 2.75) is 405 Å². The van der Waals surface area contributed by atoms with Gasteiger partial charge in [0.15, 0.2) is 0 Å². The predicted molar refractivity (Wildman–Crippen MR) is 338 cm³/mol. The van der Waals surface area contributed by atoms with Crippen LogP contribution in [0.25, 0.3) is 0 Å². The molecule has 0 aromatic rings. The number of allylic oxidation sites excluding steroid dienone is 4. The minimum atomic E-state index is -0.662. The van der Waals surface area contributed by atoms with Gasteiger partial charge in [0.1, 0.15) is 0 Å². The van der Waals surface area contributed by atoms with Gasteiger partial charge in [0, 0.05) is 12.8 Å². The number of aliphatic hydroxyl groups excluding tert-OH is 2. The van der Waals surface area contributed by atoms with Crippen LogP contribution in [0.15, 0.2) is 24.3 Å². The van der Waals surface area contributed by atoms with Crippen molar-refractivity contribution in [3.63, 3.8) is 0 Å². The van der Waals surface area contributed by atoms with Crippen LogP contribution in [-0.2, 0) is 14.3 Å². The molecule has 0 radical (unpaired) electrons. The van der Waals surface area contributed by atoms with E-state index >= 15 is 0 Å². The zero-order valence-electron chi connectivity index (χ0n) is 52.2. The number of esters is 1. The average Bonchev–Trinajstić information content (AvgIpc) is 3.43. The van der Waals surface area contributed by atoms with Crippen LogP contribution in [0, 0.1) is 0 Å². The predicted octanol–water partition coefficient (Wildman–Crippen LogP) is 22.5. The van der Waals surface area contributed by atoms with E-state index in [0.717, 1.165) is 44.9 Å². The molecule has 0 fully saturated rings. The summed E-state index contributed by atoms with van der Waals surface area (Å²) in [6.45, 7) is 4.97. The molecule has 0 saturated heterocycles. The molecule has 0 heterocycles. The summed E-state index contributed by atoms with van der Waals surface area (Å²) in [6.07, 6.45) is 83.7. The number of nitrogens with one attached hydrogen (secondary N) is 1. The van der Waals surface area contributed by atoms with Crippen molar-refractivity contribution in [2.75, 3.05) is 13.2 Å². The maximum absolute atomic E-state index is 12.5. The van der Waals surface area contributed by atoms with Crippen LogP contribution in [0.2, 0.25) is 0 Å². The number of unbranched alkanes of at least 4 members (excludes halogenated alkanes) is 51. The zero-order chi connectivity index (χ0) is 55.7. The fourth-order valence-corrected chi connectivity index (χ4v) is 11.1. The topological polar surface area (TPSA) is 95.9 Å². The van der Waals surface area contributed by atoms with E-state index < -0.39 is 12.1 Å². The van der Waals surface area contributed by atoms with Gasteiger partial charge in [-0.05, 0) is 77.0 Å². The Labute approximate surface area is 481 Å². The van der Waals surface area contributed by atoms with E-state index in [1.165, 1.54) is 315 Å². The Morgan fingerprint density at radius 1 is 0.351 bits per heavy atom. The molecule has 0 spiro atoms. The average molecular weight is 1080 g/mol. The highest BCUT2D eigenvalue weighted by atomic mass is 16.5. The second kappa shape index (κ2) is 66.8. The Balaban J connectivity index is 3.35. The number of carbonyl (C=O) groups excluding carboxylic acids is 2. The van der Waals surface area contributed by atoms with E-state index in [2.05, 4.69) is 43.5 Å². The Kier molecular flexibility index (Phi) is 65.4. The summed E-state index contributed by atoms with van der Waals surface area (Å²) in [7, 11) is 0. The van der Waals surface area contributed by atoms with Crippen molar-refractivity contribution >= 4 is 11.9 Å². The zero-order valence-corrected chi connectivity index (χ0v) is 52.2. The van der Waals surface area contributed by atoms with E-state index in [1.807, 2.05) is 0 Å². The normalized spacial score (nSPS) is 12.6. The number of carbonyl (C=O) groups is 2. The summed E-state index contributed by atoms with van der Waals surface area (Å²) in [4.78, 5) is 24.5. The van der Waals surface area contributed by atoms with Gasteiger partial charge >= 0.3 is 5.97 Å². The van der Waals surface area contributed by atoms with Gasteiger partial charge in [-0.15, -0.1) is 0 Å². The lowest BCUT2D eigenvalue weighted by molar-refractivity contribution is -0.143. The van der Waals surface area contributed by atoms with Gasteiger partial charge in [-0.2, -0.15) is 0 Å². The Morgan fingerprint density at radius 2 is 0.610 bits per heavy atom. The first-order chi connectivity index (χ1) is 38.0. The van der Waals surface area contributed by atoms with Crippen LogP contribution in [0.4, 0.5) is 0 Å². The lowest BCUT2D eigenvalue weighted by Crippen LogP contribution is -2.45. The minimum absolute atomic E-state index is 0.00942. The Hall–Kier alpha value is -1.66. The van der Waals surface area contributed by atoms with Crippen LogP contribution in [-0.4, -0.2) is 47.4 Å². The third-order valence-corrected chi connectivity index (χ3v) is 16.5. The van der Waals surface area contributed by atoms with Crippen molar-refractivity contribution < 1.29 is 24.5 Å². The summed E-state index contributed by atoms with van der Waals surface area (Å²) in [5.74, 6) is -0.0201. The van der Waals surface area contributed by atoms with Gasteiger partial charge in [-0.25, -0.2) is 0 Å². The monoisotopic (exact) mass is 1080 g/mol. The van der Waals surface area contributed by atoms with E-state index in [4.69, 9.17) is 4.74 Å². The standard InChI is InChI=1S/C71H137NO5/c1-3-5-7-9-11-13-15-17-36-40-43-47-51-55-59-63-69(74)68(67-73)72-70(75)64-60-56-52-48-44-41-37-34-32-30-28-26-24-22-20-18-19-21-23-25-27-29-31-33-35-38-42-46-50-54-58-62-66-77-71(76)65-61-57-53-49-45-39-16-14-12-10-8-6-4-2/h14,16,21,23,68-69,73-74H,3-13,15,17-20,22,24-67H2,1-2H3,(H,72,75)/b16-14-,23-21-. The smallest absolute Gasteiger partial charge is 0.305 e. The van der Waals surface area contributed by atoms with E-state index in [1.54, 1.807) is 0 Å². The molecule has 456 valence electrons. The highest BCUT2D eigenvalue weighted by molar-refractivity contribution is 5.76. The second-order valence-electron chi connectivity index (χ2n) is 24.2.